The number of aromatic nitrogens is 2. The van der Waals surface area contributed by atoms with E-state index >= 15 is 0 Å². The van der Waals surface area contributed by atoms with Crippen LogP contribution in [0.1, 0.15) is 37.4 Å². The number of methoxy groups -OCH3 is 1. The van der Waals surface area contributed by atoms with E-state index in [1.165, 1.54) is 12.7 Å². The monoisotopic (exact) mass is 239 g/mol. The van der Waals surface area contributed by atoms with E-state index in [1.54, 1.807) is 0 Å². The third-order valence-electron chi connectivity index (χ3n) is 2.53. The van der Waals surface area contributed by atoms with Gasteiger partial charge < -0.3 is 10.1 Å². The normalized spacial score (nSPS) is 10.9. The molecule has 1 rings (SSSR count). The van der Waals surface area contributed by atoms with Crippen LogP contribution in [0.4, 0.5) is 0 Å². The molecule has 0 unspecified atom stereocenters. The molecular formula is C12H21N3O2. The van der Waals surface area contributed by atoms with Gasteiger partial charge in [-0.15, -0.1) is 0 Å². The second-order valence-electron chi connectivity index (χ2n) is 4.37. The zero-order valence-corrected chi connectivity index (χ0v) is 11.0. The maximum atomic E-state index is 10.9. The first-order chi connectivity index (χ1) is 8.04. The standard InChI is InChI=1S/C12H21N3O2/c1-9(2)12-10(8-15(3)14-12)7-13-6-5-11(16)17-4/h8-9,13H,5-7H2,1-4H3. The second-order valence-corrected chi connectivity index (χ2v) is 4.37. The van der Waals surface area contributed by atoms with Gasteiger partial charge in [0, 0.05) is 31.9 Å². The van der Waals surface area contributed by atoms with E-state index in [0.29, 0.717) is 18.9 Å². The Hall–Kier alpha value is -1.36. The highest BCUT2D eigenvalue weighted by Crippen LogP contribution is 2.16. The summed E-state index contributed by atoms with van der Waals surface area (Å²) < 4.78 is 6.40. The van der Waals surface area contributed by atoms with Crippen LogP contribution in [0.25, 0.3) is 0 Å². The number of nitrogens with zero attached hydrogens (tertiary/aromatic N) is 2. The number of hydrogen-bond acceptors (Lipinski definition) is 4. The van der Waals surface area contributed by atoms with Crippen molar-refractivity contribution in [3.8, 4) is 0 Å². The molecule has 0 amide bonds. The minimum Gasteiger partial charge on any atom is -0.469 e. The first-order valence-corrected chi connectivity index (χ1v) is 5.84. The molecule has 1 aromatic rings. The van der Waals surface area contributed by atoms with Crippen molar-refractivity contribution in [2.45, 2.75) is 32.7 Å². The summed E-state index contributed by atoms with van der Waals surface area (Å²) in [5.41, 5.74) is 2.30. The van der Waals surface area contributed by atoms with Crippen molar-refractivity contribution in [1.29, 1.82) is 0 Å². The molecule has 5 nitrogen and oxygen atoms in total. The van der Waals surface area contributed by atoms with E-state index in [2.05, 4.69) is 29.0 Å². The predicted molar refractivity (Wildman–Crippen MR) is 65.6 cm³/mol. The van der Waals surface area contributed by atoms with Gasteiger partial charge >= 0.3 is 5.97 Å². The third kappa shape index (κ3) is 4.19. The molecular weight excluding hydrogens is 218 g/mol. The SMILES string of the molecule is COC(=O)CCNCc1cn(C)nc1C(C)C. The molecule has 0 aliphatic rings. The molecule has 5 heteroatoms. The summed E-state index contributed by atoms with van der Waals surface area (Å²) in [7, 11) is 3.32. The number of nitrogens with one attached hydrogen (secondary N) is 1. The second kappa shape index (κ2) is 6.39. The fraction of sp³-hybridized carbons (Fsp3) is 0.667. The molecule has 0 fully saturated rings. The molecule has 1 aromatic heterocycles. The summed E-state index contributed by atoms with van der Waals surface area (Å²) in [5.74, 6) is 0.223. The van der Waals surface area contributed by atoms with Crippen LogP contribution >= 0.6 is 0 Å². The number of carbonyl (C=O) groups is 1. The van der Waals surface area contributed by atoms with Gasteiger partial charge in [0.25, 0.3) is 0 Å². The van der Waals surface area contributed by atoms with E-state index in [4.69, 9.17) is 0 Å². The van der Waals surface area contributed by atoms with E-state index in [9.17, 15) is 4.79 Å². The maximum Gasteiger partial charge on any atom is 0.306 e. The highest BCUT2D eigenvalue weighted by atomic mass is 16.5. The molecule has 0 aromatic carbocycles. The Balaban J connectivity index is 2.43. The van der Waals surface area contributed by atoms with Gasteiger partial charge in [0.15, 0.2) is 0 Å². The molecule has 0 aliphatic carbocycles. The summed E-state index contributed by atoms with van der Waals surface area (Å²) in [5, 5.41) is 7.65. The lowest BCUT2D eigenvalue weighted by Crippen LogP contribution is -2.19. The largest absolute Gasteiger partial charge is 0.469 e. The predicted octanol–water partition coefficient (Wildman–Crippen LogP) is 1.20. The molecule has 0 atom stereocenters. The topological polar surface area (TPSA) is 56.1 Å². The minimum absolute atomic E-state index is 0.187. The van der Waals surface area contributed by atoms with Gasteiger partial charge in [-0.1, -0.05) is 13.8 Å². The average Bonchev–Trinajstić information content (AvgIpc) is 2.65. The number of aryl methyl sites for hydroxylation is 1. The van der Waals surface area contributed by atoms with Crippen LogP contribution in [-0.4, -0.2) is 29.4 Å². The summed E-state index contributed by atoms with van der Waals surface area (Å²) in [6, 6.07) is 0. The van der Waals surface area contributed by atoms with Gasteiger partial charge in [-0.3, -0.25) is 9.48 Å². The summed E-state index contributed by atoms with van der Waals surface area (Å²) in [6.45, 7) is 5.61. The van der Waals surface area contributed by atoms with Gasteiger partial charge in [0.05, 0.1) is 19.2 Å². The molecule has 0 aliphatic heterocycles. The van der Waals surface area contributed by atoms with Crippen molar-refractivity contribution in [1.82, 2.24) is 15.1 Å². The van der Waals surface area contributed by atoms with E-state index in [0.717, 1.165) is 12.2 Å². The zero-order valence-electron chi connectivity index (χ0n) is 11.0. The van der Waals surface area contributed by atoms with Crippen LogP contribution in [0.3, 0.4) is 0 Å². The Kier molecular flexibility index (Phi) is 5.15. The van der Waals surface area contributed by atoms with E-state index in [1.807, 2.05) is 17.9 Å². The van der Waals surface area contributed by atoms with Crippen LogP contribution in [0.15, 0.2) is 6.20 Å². The lowest BCUT2D eigenvalue weighted by Gasteiger charge is -2.06. The quantitative estimate of drug-likeness (QED) is 0.598. The highest BCUT2D eigenvalue weighted by Gasteiger charge is 2.10. The Morgan fingerprint density at radius 3 is 2.88 bits per heavy atom. The average molecular weight is 239 g/mol. The molecule has 0 bridgehead atoms. The van der Waals surface area contributed by atoms with E-state index in [-0.39, 0.29) is 5.97 Å². The molecule has 0 radical (unpaired) electrons. The molecule has 1 N–H and O–H groups in total. The Labute approximate surface area is 102 Å². The fourth-order valence-electron chi connectivity index (χ4n) is 1.69. The van der Waals surface area contributed by atoms with Crippen LogP contribution in [0, 0.1) is 0 Å². The number of hydrogen-bond donors (Lipinski definition) is 1. The minimum atomic E-state index is -0.187. The molecule has 0 saturated carbocycles. The van der Waals surface area contributed by atoms with Gasteiger partial charge in [0.1, 0.15) is 0 Å². The maximum absolute atomic E-state index is 10.9. The number of rotatable bonds is 6. The van der Waals surface area contributed by atoms with Gasteiger partial charge in [0.2, 0.25) is 0 Å². The first kappa shape index (κ1) is 13.7. The number of esters is 1. The van der Waals surface area contributed by atoms with Crippen molar-refractivity contribution in [3.05, 3.63) is 17.5 Å². The first-order valence-electron chi connectivity index (χ1n) is 5.84. The molecule has 0 saturated heterocycles. The summed E-state index contributed by atoms with van der Waals surface area (Å²) >= 11 is 0. The zero-order chi connectivity index (χ0) is 12.8. The van der Waals surface area contributed by atoms with Crippen molar-refractivity contribution in [2.24, 2.45) is 7.05 Å². The summed E-state index contributed by atoms with van der Waals surface area (Å²) in [4.78, 5) is 10.9. The Bertz CT molecular complexity index is 372. The smallest absolute Gasteiger partial charge is 0.306 e. The lowest BCUT2D eigenvalue weighted by atomic mass is 10.1. The molecule has 17 heavy (non-hydrogen) atoms. The Morgan fingerprint density at radius 1 is 1.59 bits per heavy atom. The Morgan fingerprint density at radius 2 is 2.29 bits per heavy atom. The number of ether oxygens (including phenoxy) is 1. The fourth-order valence-corrected chi connectivity index (χ4v) is 1.69. The van der Waals surface area contributed by atoms with Crippen LogP contribution in [0.5, 0.6) is 0 Å². The molecule has 1 heterocycles. The molecule has 0 spiro atoms. The number of carbonyl (C=O) groups excluding carboxylic acids is 1. The van der Waals surface area contributed by atoms with Crippen LogP contribution < -0.4 is 5.32 Å². The third-order valence-corrected chi connectivity index (χ3v) is 2.53. The van der Waals surface area contributed by atoms with Gasteiger partial charge in [-0.25, -0.2) is 0 Å². The van der Waals surface area contributed by atoms with E-state index < -0.39 is 0 Å². The van der Waals surface area contributed by atoms with Crippen molar-refractivity contribution < 1.29 is 9.53 Å². The van der Waals surface area contributed by atoms with Gasteiger partial charge in [-0.2, -0.15) is 5.10 Å². The lowest BCUT2D eigenvalue weighted by molar-refractivity contribution is -0.140. The van der Waals surface area contributed by atoms with Crippen molar-refractivity contribution >= 4 is 5.97 Å². The highest BCUT2D eigenvalue weighted by molar-refractivity contribution is 5.69. The van der Waals surface area contributed by atoms with Crippen LogP contribution in [0.2, 0.25) is 0 Å². The van der Waals surface area contributed by atoms with Crippen molar-refractivity contribution in [3.63, 3.8) is 0 Å². The van der Waals surface area contributed by atoms with Crippen molar-refractivity contribution in [2.75, 3.05) is 13.7 Å². The molecule has 96 valence electrons. The van der Waals surface area contributed by atoms with Crippen LogP contribution in [-0.2, 0) is 23.1 Å². The summed E-state index contributed by atoms with van der Waals surface area (Å²) in [6.07, 6.45) is 2.41. The van der Waals surface area contributed by atoms with Gasteiger partial charge in [-0.05, 0) is 5.92 Å².